The Labute approximate surface area is 43.3 Å². The number of aliphatic hydroxyl groups is 1. The van der Waals surface area contributed by atoms with Crippen LogP contribution < -0.4 is 5.73 Å². The zero-order valence-corrected chi connectivity index (χ0v) is 4.30. The van der Waals surface area contributed by atoms with Gasteiger partial charge < -0.3 is 10.8 Å². The van der Waals surface area contributed by atoms with Gasteiger partial charge in [-0.3, -0.25) is 0 Å². The van der Waals surface area contributed by atoms with Crippen molar-refractivity contribution >= 4 is 0 Å². The summed E-state index contributed by atoms with van der Waals surface area (Å²) in [5.41, 5.74) is 5.47. The lowest BCUT2D eigenvalue weighted by molar-refractivity contribution is 0.138. The van der Waals surface area contributed by atoms with Crippen molar-refractivity contribution in [1.82, 2.24) is 0 Å². The largest absolute Gasteiger partial charge is 0.396 e. The molecule has 42 valence electrons. The lowest BCUT2D eigenvalue weighted by Gasteiger charge is -2.31. The highest BCUT2D eigenvalue weighted by Crippen LogP contribution is 2.23. The molecule has 0 aromatic rings. The maximum Gasteiger partial charge on any atom is 0.0474 e. The highest BCUT2D eigenvalue weighted by atomic mass is 16.3. The van der Waals surface area contributed by atoms with E-state index >= 15 is 0 Å². The van der Waals surface area contributed by atoms with Gasteiger partial charge in [-0.15, -0.1) is 0 Å². The van der Waals surface area contributed by atoms with Crippen molar-refractivity contribution in [3.63, 3.8) is 0 Å². The van der Waals surface area contributed by atoms with Crippen LogP contribution in [-0.2, 0) is 0 Å². The minimum Gasteiger partial charge on any atom is -0.396 e. The van der Waals surface area contributed by atoms with Crippen LogP contribution in [0.1, 0.15) is 12.8 Å². The Morgan fingerprint density at radius 3 is 2.29 bits per heavy atom. The third kappa shape index (κ3) is 0.763. The maximum atomic E-state index is 8.48. The van der Waals surface area contributed by atoms with Crippen LogP contribution in [0.3, 0.4) is 0 Å². The Bertz CT molecular complexity index is 63.1. The molecule has 1 rings (SSSR count). The zero-order chi connectivity index (χ0) is 5.28. The first kappa shape index (κ1) is 5.06. The Morgan fingerprint density at radius 1 is 1.57 bits per heavy atom. The van der Waals surface area contributed by atoms with Crippen LogP contribution in [0.25, 0.3) is 0 Å². The quantitative estimate of drug-likeness (QED) is 0.477. The van der Waals surface area contributed by atoms with Gasteiger partial charge in [-0.25, -0.2) is 0 Å². The van der Waals surface area contributed by atoms with Crippen molar-refractivity contribution in [3.05, 3.63) is 0 Å². The van der Waals surface area contributed by atoms with Crippen LogP contribution in [-0.4, -0.2) is 17.8 Å². The van der Waals surface area contributed by atoms with E-state index in [0.717, 1.165) is 12.8 Å². The van der Waals surface area contributed by atoms with E-state index in [4.69, 9.17) is 10.8 Å². The molecule has 1 fully saturated rings. The van der Waals surface area contributed by atoms with E-state index in [9.17, 15) is 0 Å². The predicted molar refractivity (Wildman–Crippen MR) is 27.8 cm³/mol. The molecule has 0 heterocycles. The molecule has 7 heavy (non-hydrogen) atoms. The second kappa shape index (κ2) is 1.80. The number of rotatable bonds is 1. The van der Waals surface area contributed by atoms with Gasteiger partial charge in [0.25, 0.3) is 0 Å². The number of hydrogen-bond acceptors (Lipinski definition) is 2. The molecular formula is C5H11NO. The number of aliphatic hydroxyl groups excluding tert-OH is 1. The van der Waals surface area contributed by atoms with Crippen LogP contribution >= 0.6 is 0 Å². The molecular weight excluding hydrogens is 90.1 g/mol. The lowest BCUT2D eigenvalue weighted by Crippen LogP contribution is -2.41. The fourth-order valence-corrected chi connectivity index (χ4v) is 0.821. The monoisotopic (exact) mass is 101 g/mol. The molecule has 0 aromatic heterocycles. The molecule has 2 heteroatoms. The minimum atomic E-state index is 0.279. The van der Waals surface area contributed by atoms with Gasteiger partial charge >= 0.3 is 0 Å². The summed E-state index contributed by atoms with van der Waals surface area (Å²) < 4.78 is 0. The summed E-state index contributed by atoms with van der Waals surface area (Å²) in [6.45, 7) is 0.279. The average molecular weight is 101 g/mol. The molecule has 1 aliphatic carbocycles. The third-order valence-corrected chi connectivity index (χ3v) is 1.71. The molecule has 3 N–H and O–H groups in total. The molecule has 0 radical (unpaired) electrons. The Hall–Kier alpha value is -0.0800. The third-order valence-electron chi connectivity index (χ3n) is 1.71. The summed E-state index contributed by atoms with van der Waals surface area (Å²) in [4.78, 5) is 0. The van der Waals surface area contributed by atoms with E-state index in [-0.39, 0.29) is 6.61 Å². The Morgan fingerprint density at radius 2 is 2.29 bits per heavy atom. The topological polar surface area (TPSA) is 46.2 Å². The number of hydrogen-bond donors (Lipinski definition) is 2. The average Bonchev–Trinajstić information content (AvgIpc) is 1.65. The van der Waals surface area contributed by atoms with E-state index in [1.54, 1.807) is 0 Å². The number of nitrogens with two attached hydrogens (primary N) is 1. The van der Waals surface area contributed by atoms with E-state index in [1.165, 1.54) is 0 Å². The Kier molecular flexibility index (Phi) is 1.30. The van der Waals surface area contributed by atoms with Crippen molar-refractivity contribution in [2.45, 2.75) is 18.9 Å². The second-order valence-electron chi connectivity index (χ2n) is 2.18. The lowest BCUT2D eigenvalue weighted by atomic mass is 9.81. The van der Waals surface area contributed by atoms with Gasteiger partial charge in [0.1, 0.15) is 0 Å². The molecule has 2 nitrogen and oxygen atoms in total. The normalized spacial score (nSPS) is 40.3. The van der Waals surface area contributed by atoms with Gasteiger partial charge in [-0.2, -0.15) is 0 Å². The predicted octanol–water partition coefficient (Wildman–Crippen LogP) is -0.284. The molecule has 0 aromatic carbocycles. The molecule has 0 unspecified atom stereocenters. The summed E-state index contributed by atoms with van der Waals surface area (Å²) in [5.74, 6) is 0.417. The molecule has 1 saturated carbocycles. The Balaban J connectivity index is 2.16. The zero-order valence-electron chi connectivity index (χ0n) is 4.30. The molecule has 0 spiro atoms. The summed E-state index contributed by atoms with van der Waals surface area (Å²) in [6.07, 6.45) is 2.23. The van der Waals surface area contributed by atoms with Crippen molar-refractivity contribution in [2.75, 3.05) is 6.61 Å². The fourth-order valence-electron chi connectivity index (χ4n) is 0.821. The first-order chi connectivity index (χ1) is 3.34. The van der Waals surface area contributed by atoms with Crippen LogP contribution in [0, 0.1) is 5.92 Å². The summed E-state index contributed by atoms with van der Waals surface area (Å²) >= 11 is 0. The van der Waals surface area contributed by atoms with Crippen molar-refractivity contribution in [3.8, 4) is 0 Å². The van der Waals surface area contributed by atoms with Crippen molar-refractivity contribution < 1.29 is 5.11 Å². The maximum absolute atomic E-state index is 8.48. The molecule has 0 aliphatic heterocycles. The second-order valence-corrected chi connectivity index (χ2v) is 2.18. The highest BCUT2D eigenvalue weighted by molar-refractivity contribution is 4.82. The van der Waals surface area contributed by atoms with E-state index in [1.807, 2.05) is 0 Å². The highest BCUT2D eigenvalue weighted by Gasteiger charge is 2.25. The van der Waals surface area contributed by atoms with Crippen molar-refractivity contribution in [1.29, 1.82) is 0 Å². The van der Waals surface area contributed by atoms with Gasteiger partial charge in [-0.1, -0.05) is 0 Å². The minimum absolute atomic E-state index is 0.279. The van der Waals surface area contributed by atoms with Gasteiger partial charge in [0.15, 0.2) is 0 Å². The van der Waals surface area contributed by atoms with E-state index in [0.29, 0.717) is 12.0 Å². The van der Waals surface area contributed by atoms with E-state index in [2.05, 4.69) is 0 Å². The van der Waals surface area contributed by atoms with Gasteiger partial charge in [0.05, 0.1) is 0 Å². The first-order valence-electron chi connectivity index (χ1n) is 2.71. The smallest absolute Gasteiger partial charge is 0.0474 e. The van der Waals surface area contributed by atoms with Crippen LogP contribution in [0.4, 0.5) is 0 Å². The standard InChI is InChI=1S/C5H11NO/c6-5-2-1-4(5)3-7/h4-5,7H,1-3,6H2/t4-,5+/m1/s1. The summed E-state index contributed by atoms with van der Waals surface area (Å²) in [6, 6.07) is 0.296. The molecule has 0 amide bonds. The van der Waals surface area contributed by atoms with Gasteiger partial charge in [0, 0.05) is 12.6 Å². The molecule has 2 atom stereocenters. The van der Waals surface area contributed by atoms with Crippen LogP contribution in [0.15, 0.2) is 0 Å². The molecule has 0 bridgehead atoms. The van der Waals surface area contributed by atoms with Crippen molar-refractivity contribution in [2.24, 2.45) is 11.7 Å². The van der Waals surface area contributed by atoms with Crippen LogP contribution in [0.5, 0.6) is 0 Å². The van der Waals surface area contributed by atoms with Crippen LogP contribution in [0.2, 0.25) is 0 Å². The van der Waals surface area contributed by atoms with Gasteiger partial charge in [-0.05, 0) is 18.8 Å². The summed E-state index contributed by atoms with van der Waals surface area (Å²) in [5, 5.41) is 8.48. The molecule has 0 saturated heterocycles. The van der Waals surface area contributed by atoms with E-state index < -0.39 is 0 Å². The SMILES string of the molecule is N[C@H]1CC[C@@H]1CO. The first-order valence-corrected chi connectivity index (χ1v) is 2.71. The fraction of sp³-hybridized carbons (Fsp3) is 1.00. The summed E-state index contributed by atoms with van der Waals surface area (Å²) in [7, 11) is 0. The van der Waals surface area contributed by atoms with Gasteiger partial charge in [0.2, 0.25) is 0 Å². The molecule has 1 aliphatic rings.